The minimum absolute atomic E-state index is 0.0584. The molecule has 5 nitrogen and oxygen atoms in total. The van der Waals surface area contributed by atoms with Gasteiger partial charge in [0.15, 0.2) is 0 Å². The Morgan fingerprint density at radius 3 is 2.68 bits per heavy atom. The molecule has 1 aromatic carbocycles. The van der Waals surface area contributed by atoms with E-state index in [1.54, 1.807) is 17.0 Å². The zero-order valence-corrected chi connectivity index (χ0v) is 12.1. The highest BCUT2D eigenvalue weighted by atomic mass is 16.6. The van der Waals surface area contributed by atoms with Crippen LogP contribution in [-0.2, 0) is 14.3 Å². The van der Waals surface area contributed by atoms with E-state index in [-0.39, 0.29) is 37.0 Å². The van der Waals surface area contributed by atoms with Crippen LogP contribution in [0.5, 0.6) is 0 Å². The second kappa shape index (κ2) is 5.33. The number of esters is 1. The molecule has 3 aliphatic rings. The average Bonchev–Trinajstić information content (AvgIpc) is 3.31. The number of benzene rings is 1. The number of likely N-dealkylation sites (N-methyl/N-ethyl adjacent to an activating group) is 1. The fourth-order valence-corrected chi connectivity index (χ4v) is 3.79. The molecule has 2 bridgehead atoms. The Morgan fingerprint density at radius 2 is 2.09 bits per heavy atom. The molecular weight excluding hydrogens is 282 g/mol. The van der Waals surface area contributed by atoms with Crippen LogP contribution in [0.25, 0.3) is 0 Å². The molecule has 3 fully saturated rings. The predicted octanol–water partition coefficient (Wildman–Crippen LogP) is 0.918. The lowest BCUT2D eigenvalue weighted by atomic mass is 9.97. The zero-order valence-electron chi connectivity index (χ0n) is 15.1. The van der Waals surface area contributed by atoms with Crippen LogP contribution in [0.4, 0.5) is 0 Å². The van der Waals surface area contributed by atoms with Crippen molar-refractivity contribution in [3.63, 3.8) is 0 Å². The van der Waals surface area contributed by atoms with Gasteiger partial charge in [0.05, 0.1) is 6.61 Å². The summed E-state index contributed by atoms with van der Waals surface area (Å²) in [6.45, 7) is -2.48. The van der Waals surface area contributed by atoms with Crippen molar-refractivity contribution in [1.29, 1.82) is 0 Å². The summed E-state index contributed by atoms with van der Waals surface area (Å²) in [4.78, 5) is 14.1. The van der Waals surface area contributed by atoms with Gasteiger partial charge in [-0.1, -0.05) is 30.3 Å². The van der Waals surface area contributed by atoms with Gasteiger partial charge in [-0.05, 0) is 12.5 Å². The summed E-state index contributed by atoms with van der Waals surface area (Å²) in [5.41, 5.74) is 0.712. The molecule has 3 aliphatic heterocycles. The molecule has 3 saturated heterocycles. The van der Waals surface area contributed by atoms with Gasteiger partial charge in [-0.25, -0.2) is 0 Å². The molecule has 22 heavy (non-hydrogen) atoms. The number of hydrogen-bond donors (Lipinski definition) is 1. The Kier molecular flexibility index (Phi) is 2.71. The third-order valence-electron chi connectivity index (χ3n) is 5.00. The van der Waals surface area contributed by atoms with Gasteiger partial charge in [0.1, 0.15) is 24.2 Å². The number of carbonyl (C=O) groups is 1. The highest BCUT2D eigenvalue weighted by molar-refractivity contribution is 5.78. The SMILES string of the molecule is [3H]C([3H])([3H])N1[C@@H]2CC(OC(=O)[C@H](CO)c3ccccc3)C[C@H]1[C@@H]1O[C@@H]12. The Morgan fingerprint density at radius 1 is 1.41 bits per heavy atom. The van der Waals surface area contributed by atoms with Crippen LogP contribution in [0.1, 0.15) is 28.4 Å². The lowest BCUT2D eigenvalue weighted by Gasteiger charge is -2.38. The van der Waals surface area contributed by atoms with E-state index in [2.05, 4.69) is 0 Å². The number of ether oxygens (including phenoxy) is 2. The summed E-state index contributed by atoms with van der Waals surface area (Å²) in [7, 11) is 0. The first-order chi connectivity index (χ1) is 11.9. The highest BCUT2D eigenvalue weighted by Gasteiger charge is 2.62. The standard InChI is InChI=1S/C17H21NO4/c1-18-13-7-11(8-14(18)16-15(13)22-16)21-17(20)12(9-19)10-5-3-2-4-6-10/h2-6,11-16,19H,7-9H2,1H3/t11?,12-,13-,14+,15-,16+/m1/s1/i1T3. The highest BCUT2D eigenvalue weighted by Crippen LogP contribution is 2.48. The topological polar surface area (TPSA) is 62.3 Å². The number of piperidine rings is 1. The fraction of sp³-hybridized carbons (Fsp3) is 0.588. The van der Waals surface area contributed by atoms with E-state index in [1.807, 2.05) is 18.2 Å². The zero-order chi connectivity index (χ0) is 17.8. The molecule has 6 atom stereocenters. The molecule has 0 spiro atoms. The third kappa shape index (κ3) is 2.24. The van der Waals surface area contributed by atoms with Gasteiger partial charge in [0.25, 0.3) is 0 Å². The summed E-state index contributed by atoms with van der Waals surface area (Å²) >= 11 is 0. The van der Waals surface area contributed by atoms with Gasteiger partial charge in [0, 0.05) is 29.0 Å². The average molecular weight is 309 g/mol. The van der Waals surface area contributed by atoms with Crippen molar-refractivity contribution in [2.24, 2.45) is 0 Å². The second-order valence-electron chi connectivity index (χ2n) is 6.28. The summed E-state index contributed by atoms with van der Waals surface area (Å²) in [5.74, 6) is -1.18. The minimum Gasteiger partial charge on any atom is -0.462 e. The van der Waals surface area contributed by atoms with E-state index in [0.717, 1.165) is 0 Å². The van der Waals surface area contributed by atoms with Crippen LogP contribution in [0, 0.1) is 0 Å². The number of fused-ring (bicyclic) bond motifs is 5. The van der Waals surface area contributed by atoms with Crippen molar-refractivity contribution < 1.29 is 23.5 Å². The van der Waals surface area contributed by atoms with Gasteiger partial charge in [-0.3, -0.25) is 9.69 Å². The number of morpholine rings is 1. The molecule has 0 aromatic heterocycles. The van der Waals surface area contributed by atoms with Crippen LogP contribution < -0.4 is 0 Å². The van der Waals surface area contributed by atoms with Gasteiger partial charge >= 0.3 is 5.97 Å². The largest absolute Gasteiger partial charge is 0.462 e. The summed E-state index contributed by atoms with van der Waals surface area (Å²) in [6.07, 6.45) is 0.452. The molecular formula is C17H21NO4. The summed E-state index contributed by atoms with van der Waals surface area (Å²) in [5, 5.41) is 9.59. The monoisotopic (exact) mass is 309 g/mol. The maximum absolute atomic E-state index is 12.5. The molecule has 118 valence electrons. The van der Waals surface area contributed by atoms with Crippen molar-refractivity contribution in [1.82, 2.24) is 4.90 Å². The molecule has 0 amide bonds. The Balaban J connectivity index is 1.44. The molecule has 0 saturated carbocycles. The lowest BCUT2D eigenvalue weighted by molar-refractivity contribution is -0.156. The van der Waals surface area contributed by atoms with E-state index in [1.165, 1.54) is 0 Å². The minimum atomic E-state index is -2.15. The van der Waals surface area contributed by atoms with Crippen LogP contribution in [0.3, 0.4) is 0 Å². The molecule has 1 unspecified atom stereocenters. The summed E-state index contributed by atoms with van der Waals surface area (Å²) in [6, 6.07) is 8.56. The van der Waals surface area contributed by atoms with Crippen molar-refractivity contribution in [2.75, 3.05) is 13.6 Å². The number of carbonyl (C=O) groups excluding carboxylic acids is 1. The van der Waals surface area contributed by atoms with Crippen molar-refractivity contribution in [3.05, 3.63) is 35.9 Å². The molecule has 1 aromatic rings. The van der Waals surface area contributed by atoms with E-state index in [9.17, 15) is 9.90 Å². The molecule has 0 aliphatic carbocycles. The van der Waals surface area contributed by atoms with Crippen LogP contribution in [0.15, 0.2) is 30.3 Å². The molecule has 4 rings (SSSR count). The van der Waals surface area contributed by atoms with Crippen LogP contribution >= 0.6 is 0 Å². The Hall–Kier alpha value is -1.43. The van der Waals surface area contributed by atoms with E-state index >= 15 is 0 Å². The van der Waals surface area contributed by atoms with Gasteiger partial charge in [-0.2, -0.15) is 0 Å². The number of hydrogen-bond acceptors (Lipinski definition) is 5. The van der Waals surface area contributed by atoms with Crippen LogP contribution in [-0.4, -0.2) is 60.0 Å². The van der Waals surface area contributed by atoms with Gasteiger partial charge in [-0.15, -0.1) is 0 Å². The smallest absolute Gasteiger partial charge is 0.316 e. The van der Waals surface area contributed by atoms with Crippen molar-refractivity contribution >= 4 is 5.97 Å². The quantitative estimate of drug-likeness (QED) is 0.662. The molecule has 0 radical (unpaired) electrons. The van der Waals surface area contributed by atoms with Crippen molar-refractivity contribution in [3.8, 4) is 0 Å². The number of aliphatic hydroxyl groups is 1. The maximum Gasteiger partial charge on any atom is 0.316 e. The first-order valence-electron chi connectivity index (χ1n) is 9.20. The lowest BCUT2D eigenvalue weighted by Crippen LogP contribution is -2.48. The number of rotatable bonds is 4. The first-order valence-corrected chi connectivity index (χ1v) is 7.70. The molecule has 3 heterocycles. The van der Waals surface area contributed by atoms with Gasteiger partial charge in [0.2, 0.25) is 0 Å². The summed E-state index contributed by atoms with van der Waals surface area (Å²) < 4.78 is 34.4. The fourth-order valence-electron chi connectivity index (χ4n) is 3.79. The third-order valence-corrected chi connectivity index (χ3v) is 5.00. The Labute approximate surface area is 134 Å². The number of epoxide rings is 1. The molecule has 5 heteroatoms. The van der Waals surface area contributed by atoms with E-state index < -0.39 is 18.9 Å². The van der Waals surface area contributed by atoms with Crippen molar-refractivity contribution in [2.45, 2.75) is 49.2 Å². The number of aliphatic hydroxyl groups excluding tert-OH is 1. The first kappa shape index (κ1) is 11.2. The maximum atomic E-state index is 12.5. The van der Waals surface area contributed by atoms with E-state index in [0.29, 0.717) is 18.4 Å². The van der Waals surface area contributed by atoms with Crippen LogP contribution in [0.2, 0.25) is 0 Å². The van der Waals surface area contributed by atoms with Gasteiger partial charge < -0.3 is 14.6 Å². The molecule has 1 N–H and O–H groups in total. The normalized spacial score (nSPS) is 40.0. The Bertz CT molecular complexity index is 635. The second-order valence-corrected chi connectivity index (χ2v) is 6.28. The predicted molar refractivity (Wildman–Crippen MR) is 79.4 cm³/mol. The number of nitrogens with zero attached hydrogens (tertiary/aromatic N) is 1. The van der Waals surface area contributed by atoms with E-state index in [4.69, 9.17) is 13.6 Å².